The van der Waals surface area contributed by atoms with Gasteiger partial charge in [0, 0.05) is 5.02 Å². The number of benzene rings is 1. The van der Waals surface area contributed by atoms with Gasteiger partial charge in [-0.25, -0.2) is 4.79 Å². The van der Waals surface area contributed by atoms with Crippen LogP contribution < -0.4 is 10.1 Å². The molecule has 0 spiro atoms. The van der Waals surface area contributed by atoms with Gasteiger partial charge in [-0.15, -0.1) is 0 Å². The van der Waals surface area contributed by atoms with Crippen molar-refractivity contribution in [1.82, 2.24) is 10.2 Å². The van der Waals surface area contributed by atoms with Crippen molar-refractivity contribution < 1.29 is 14.3 Å². The number of ether oxygens (including phenoxy) is 1. The number of carbonyl (C=O) groups is 2. The van der Waals surface area contributed by atoms with E-state index in [2.05, 4.69) is 5.32 Å². The number of nitrogens with zero attached hydrogens (tertiary/aromatic N) is 1. The van der Waals surface area contributed by atoms with Crippen LogP contribution in [0.4, 0.5) is 4.79 Å². The van der Waals surface area contributed by atoms with Crippen molar-refractivity contribution in [3.8, 4) is 5.75 Å². The minimum Gasteiger partial charge on any atom is -0.492 e. The SMILES string of the molecule is CCCC1NC(=O)N(CCOc2ccc(Cl)cc2)C1=O. The molecule has 1 fully saturated rings. The number of carbonyl (C=O) groups excluding carboxylic acids is 2. The Hall–Kier alpha value is -1.75. The monoisotopic (exact) mass is 296 g/mol. The van der Waals surface area contributed by atoms with Gasteiger partial charge in [-0.2, -0.15) is 0 Å². The Morgan fingerprint density at radius 2 is 2.00 bits per heavy atom. The van der Waals surface area contributed by atoms with Gasteiger partial charge < -0.3 is 10.1 Å². The normalized spacial score (nSPS) is 18.3. The molecule has 108 valence electrons. The Balaban J connectivity index is 1.83. The fourth-order valence-corrected chi connectivity index (χ4v) is 2.18. The average Bonchev–Trinajstić information content (AvgIpc) is 2.69. The Labute approximate surface area is 122 Å². The van der Waals surface area contributed by atoms with Gasteiger partial charge in [0.05, 0.1) is 6.54 Å². The van der Waals surface area contributed by atoms with Crippen molar-refractivity contribution in [1.29, 1.82) is 0 Å². The van der Waals surface area contributed by atoms with Crippen molar-refractivity contribution in [3.05, 3.63) is 29.3 Å². The zero-order chi connectivity index (χ0) is 14.5. The number of nitrogens with one attached hydrogen (secondary N) is 1. The Bertz CT molecular complexity index is 490. The predicted octanol–water partition coefficient (Wildman–Crippen LogP) is 2.44. The molecule has 1 atom stereocenters. The molecule has 3 amide bonds. The van der Waals surface area contributed by atoms with Crippen LogP contribution in [-0.4, -0.2) is 36.0 Å². The molecular formula is C14H17ClN2O3. The highest BCUT2D eigenvalue weighted by atomic mass is 35.5. The third kappa shape index (κ3) is 3.42. The smallest absolute Gasteiger partial charge is 0.324 e. The van der Waals surface area contributed by atoms with Crippen LogP contribution in [0.2, 0.25) is 5.02 Å². The van der Waals surface area contributed by atoms with E-state index in [0.29, 0.717) is 17.2 Å². The molecule has 1 aromatic rings. The molecule has 5 nitrogen and oxygen atoms in total. The lowest BCUT2D eigenvalue weighted by atomic mass is 10.2. The van der Waals surface area contributed by atoms with Crippen LogP contribution >= 0.6 is 11.6 Å². The molecule has 0 aliphatic carbocycles. The standard InChI is InChI=1S/C14H17ClN2O3/c1-2-3-12-13(18)17(14(19)16-12)8-9-20-11-6-4-10(15)5-7-11/h4-7,12H,2-3,8-9H2,1H3,(H,16,19). The molecule has 0 saturated carbocycles. The van der Waals surface area contributed by atoms with Gasteiger partial charge in [0.1, 0.15) is 18.4 Å². The van der Waals surface area contributed by atoms with Gasteiger partial charge in [-0.3, -0.25) is 9.69 Å². The summed E-state index contributed by atoms with van der Waals surface area (Å²) in [6.07, 6.45) is 1.52. The fourth-order valence-electron chi connectivity index (χ4n) is 2.06. The maximum Gasteiger partial charge on any atom is 0.324 e. The summed E-state index contributed by atoms with van der Waals surface area (Å²) in [6.45, 7) is 2.49. The second-order valence-electron chi connectivity index (χ2n) is 4.58. The molecule has 1 aromatic carbocycles. The lowest BCUT2D eigenvalue weighted by molar-refractivity contribution is -0.127. The lowest BCUT2D eigenvalue weighted by Crippen LogP contribution is -2.35. The van der Waals surface area contributed by atoms with Crippen molar-refractivity contribution in [2.45, 2.75) is 25.8 Å². The molecule has 2 rings (SSSR count). The summed E-state index contributed by atoms with van der Waals surface area (Å²) in [4.78, 5) is 24.8. The summed E-state index contributed by atoms with van der Waals surface area (Å²) in [5.41, 5.74) is 0. The van der Waals surface area contributed by atoms with Crippen LogP contribution in [-0.2, 0) is 4.79 Å². The van der Waals surface area contributed by atoms with Gasteiger partial charge in [0.15, 0.2) is 0 Å². The molecule has 0 radical (unpaired) electrons. The Kier molecular flexibility index (Phi) is 4.84. The van der Waals surface area contributed by atoms with Crippen LogP contribution in [0, 0.1) is 0 Å². The van der Waals surface area contributed by atoms with E-state index < -0.39 is 0 Å². The molecule has 1 aliphatic heterocycles. The molecular weight excluding hydrogens is 280 g/mol. The van der Waals surface area contributed by atoms with Crippen molar-refractivity contribution in [2.75, 3.05) is 13.2 Å². The number of hydrogen-bond donors (Lipinski definition) is 1. The Morgan fingerprint density at radius 1 is 1.30 bits per heavy atom. The van der Waals surface area contributed by atoms with Crippen LogP contribution in [0.5, 0.6) is 5.75 Å². The van der Waals surface area contributed by atoms with Crippen LogP contribution in [0.15, 0.2) is 24.3 Å². The third-order valence-corrected chi connectivity index (χ3v) is 3.33. The van der Waals surface area contributed by atoms with Gasteiger partial charge in [-0.05, 0) is 30.7 Å². The summed E-state index contributed by atoms with van der Waals surface area (Å²) in [5.74, 6) is 0.489. The number of urea groups is 1. The number of hydrogen-bond acceptors (Lipinski definition) is 3. The number of rotatable bonds is 6. The lowest BCUT2D eigenvalue weighted by Gasteiger charge is -2.13. The number of halogens is 1. The second kappa shape index (κ2) is 6.61. The van der Waals surface area contributed by atoms with Gasteiger partial charge in [0.2, 0.25) is 0 Å². The van der Waals surface area contributed by atoms with Crippen molar-refractivity contribution in [2.24, 2.45) is 0 Å². The topological polar surface area (TPSA) is 58.6 Å². The van der Waals surface area contributed by atoms with E-state index in [-0.39, 0.29) is 31.1 Å². The van der Waals surface area contributed by atoms with Gasteiger partial charge in [0.25, 0.3) is 5.91 Å². The maximum absolute atomic E-state index is 12.0. The molecule has 0 bridgehead atoms. The van der Waals surface area contributed by atoms with Crippen LogP contribution in [0.1, 0.15) is 19.8 Å². The molecule has 0 aromatic heterocycles. The number of amides is 3. The summed E-state index contributed by atoms with van der Waals surface area (Å²) >= 11 is 5.77. The zero-order valence-electron chi connectivity index (χ0n) is 11.3. The average molecular weight is 297 g/mol. The van der Waals surface area contributed by atoms with E-state index in [1.807, 2.05) is 6.92 Å². The highest BCUT2D eigenvalue weighted by Gasteiger charge is 2.36. The molecule has 1 saturated heterocycles. The highest BCUT2D eigenvalue weighted by molar-refractivity contribution is 6.30. The molecule has 6 heteroatoms. The van der Waals surface area contributed by atoms with Crippen LogP contribution in [0.25, 0.3) is 0 Å². The van der Waals surface area contributed by atoms with E-state index in [4.69, 9.17) is 16.3 Å². The minimum atomic E-state index is -0.386. The number of imide groups is 1. The van der Waals surface area contributed by atoms with Gasteiger partial charge >= 0.3 is 6.03 Å². The first-order valence-electron chi connectivity index (χ1n) is 6.62. The molecule has 1 unspecified atom stereocenters. The van der Waals surface area contributed by atoms with E-state index in [1.54, 1.807) is 24.3 Å². The van der Waals surface area contributed by atoms with E-state index in [1.165, 1.54) is 4.90 Å². The van der Waals surface area contributed by atoms with Crippen molar-refractivity contribution in [3.63, 3.8) is 0 Å². The summed E-state index contributed by atoms with van der Waals surface area (Å²) in [6, 6.07) is 6.21. The first-order chi connectivity index (χ1) is 9.61. The summed E-state index contributed by atoms with van der Waals surface area (Å²) in [5, 5.41) is 3.31. The maximum atomic E-state index is 12.0. The zero-order valence-corrected chi connectivity index (χ0v) is 12.0. The predicted molar refractivity (Wildman–Crippen MR) is 75.9 cm³/mol. The first-order valence-corrected chi connectivity index (χ1v) is 7.00. The fraction of sp³-hybridized carbons (Fsp3) is 0.429. The largest absolute Gasteiger partial charge is 0.492 e. The highest BCUT2D eigenvalue weighted by Crippen LogP contribution is 2.16. The second-order valence-corrected chi connectivity index (χ2v) is 5.02. The summed E-state index contributed by atoms with van der Waals surface area (Å²) < 4.78 is 5.48. The Morgan fingerprint density at radius 3 is 2.65 bits per heavy atom. The summed E-state index contributed by atoms with van der Waals surface area (Å²) in [7, 11) is 0. The van der Waals surface area contributed by atoms with Crippen molar-refractivity contribution >= 4 is 23.5 Å². The molecule has 1 aliphatic rings. The molecule has 1 N–H and O–H groups in total. The minimum absolute atomic E-state index is 0.170. The molecule has 1 heterocycles. The van der Waals surface area contributed by atoms with Crippen LogP contribution in [0.3, 0.4) is 0 Å². The third-order valence-electron chi connectivity index (χ3n) is 3.08. The van der Waals surface area contributed by atoms with E-state index >= 15 is 0 Å². The first kappa shape index (κ1) is 14.7. The van der Waals surface area contributed by atoms with Gasteiger partial charge in [-0.1, -0.05) is 24.9 Å². The van der Waals surface area contributed by atoms with E-state index in [9.17, 15) is 9.59 Å². The quantitative estimate of drug-likeness (QED) is 0.820. The van der Waals surface area contributed by atoms with E-state index in [0.717, 1.165) is 6.42 Å². The molecule has 20 heavy (non-hydrogen) atoms.